The molecule has 0 amide bonds. The van der Waals surface area contributed by atoms with Crippen molar-refractivity contribution in [3.63, 3.8) is 0 Å². The highest BCUT2D eigenvalue weighted by atomic mass is 32.2. The van der Waals surface area contributed by atoms with E-state index in [1.807, 2.05) is 37.0 Å². The Morgan fingerprint density at radius 2 is 2.00 bits per heavy atom. The Hall–Kier alpha value is -1.95. The molecule has 0 spiro atoms. The fourth-order valence-corrected chi connectivity index (χ4v) is 3.41. The number of thioether (sulfide) groups is 1. The number of methoxy groups -OCH3 is 2. The summed E-state index contributed by atoms with van der Waals surface area (Å²) in [7, 11) is 5.18. The molecule has 2 aromatic rings. The zero-order valence-electron chi connectivity index (χ0n) is 12.3. The van der Waals surface area contributed by atoms with Crippen molar-refractivity contribution in [1.29, 1.82) is 0 Å². The third-order valence-corrected chi connectivity index (χ3v) is 4.43. The van der Waals surface area contributed by atoms with Crippen LogP contribution in [0.1, 0.15) is 11.3 Å². The number of nitrogens with one attached hydrogen (secondary N) is 1. The van der Waals surface area contributed by atoms with Crippen LogP contribution in [-0.4, -0.2) is 31.2 Å². The van der Waals surface area contributed by atoms with Gasteiger partial charge in [-0.3, -0.25) is 0 Å². The second kappa shape index (κ2) is 5.81. The summed E-state index contributed by atoms with van der Waals surface area (Å²) in [5.74, 6) is 4.94. The van der Waals surface area contributed by atoms with Crippen LogP contribution in [0.25, 0.3) is 11.4 Å². The molecule has 5 nitrogen and oxygen atoms in total. The second-order valence-corrected chi connectivity index (χ2v) is 5.62. The smallest absolute Gasteiger partial charge is 0.165 e. The molecule has 1 aliphatic heterocycles. The van der Waals surface area contributed by atoms with Crippen LogP contribution in [0, 0.1) is 0 Å². The molecule has 21 heavy (non-hydrogen) atoms. The van der Waals surface area contributed by atoms with Crippen LogP contribution in [0.4, 0.5) is 5.82 Å². The normalized spacial score (nSPS) is 12.9. The summed E-state index contributed by atoms with van der Waals surface area (Å²) in [6.07, 6.45) is 0. The first kappa shape index (κ1) is 14.0. The Morgan fingerprint density at radius 3 is 2.71 bits per heavy atom. The zero-order valence-corrected chi connectivity index (χ0v) is 13.1. The van der Waals surface area contributed by atoms with Crippen molar-refractivity contribution in [2.75, 3.05) is 26.6 Å². The first-order chi connectivity index (χ1) is 10.3. The number of aromatic nitrogens is 2. The van der Waals surface area contributed by atoms with Gasteiger partial charge in [0.1, 0.15) is 17.3 Å². The van der Waals surface area contributed by atoms with Crippen LogP contribution in [0.5, 0.6) is 11.5 Å². The van der Waals surface area contributed by atoms with E-state index in [9.17, 15) is 0 Å². The van der Waals surface area contributed by atoms with Gasteiger partial charge in [0.2, 0.25) is 0 Å². The molecule has 0 saturated heterocycles. The molecule has 3 rings (SSSR count). The molecular formula is C15H17N3O2S. The van der Waals surface area contributed by atoms with Crippen molar-refractivity contribution >= 4 is 17.6 Å². The van der Waals surface area contributed by atoms with Gasteiger partial charge < -0.3 is 14.8 Å². The summed E-state index contributed by atoms with van der Waals surface area (Å²) in [6.45, 7) is 0. The molecule has 0 bridgehead atoms. The highest BCUT2D eigenvalue weighted by molar-refractivity contribution is 7.98. The predicted octanol–water partition coefficient (Wildman–Crippen LogP) is 2.95. The number of hydrogen-bond donors (Lipinski definition) is 1. The summed E-state index contributed by atoms with van der Waals surface area (Å²) in [5, 5.41) is 3.17. The van der Waals surface area contributed by atoms with Gasteiger partial charge in [0.15, 0.2) is 5.82 Å². The van der Waals surface area contributed by atoms with E-state index in [0.29, 0.717) is 5.82 Å². The number of rotatable bonds is 4. The molecule has 0 fully saturated rings. The minimum atomic E-state index is 0.663. The van der Waals surface area contributed by atoms with Crippen LogP contribution < -0.4 is 14.8 Å². The second-order valence-electron chi connectivity index (χ2n) is 4.63. The lowest BCUT2D eigenvalue weighted by Gasteiger charge is -2.12. The van der Waals surface area contributed by atoms with Crippen LogP contribution in [0.2, 0.25) is 0 Å². The monoisotopic (exact) mass is 303 g/mol. The zero-order chi connectivity index (χ0) is 14.8. The first-order valence-electron chi connectivity index (χ1n) is 6.64. The Kier molecular flexibility index (Phi) is 3.88. The number of fused-ring (bicyclic) bond motifs is 1. The van der Waals surface area contributed by atoms with E-state index < -0.39 is 0 Å². The first-order valence-corrected chi connectivity index (χ1v) is 7.80. The quantitative estimate of drug-likeness (QED) is 0.937. The number of hydrogen-bond acceptors (Lipinski definition) is 6. The van der Waals surface area contributed by atoms with E-state index in [1.165, 1.54) is 5.56 Å². The number of ether oxygens (including phenoxy) is 2. The lowest BCUT2D eigenvalue weighted by Crippen LogP contribution is -2.04. The maximum Gasteiger partial charge on any atom is 0.165 e. The van der Waals surface area contributed by atoms with E-state index >= 15 is 0 Å². The SMILES string of the molecule is CNc1nc(-c2cc(OC)ccc2OC)nc2c1CSC2. The van der Waals surface area contributed by atoms with E-state index in [4.69, 9.17) is 14.5 Å². The Balaban J connectivity index is 2.16. The van der Waals surface area contributed by atoms with Gasteiger partial charge in [-0.15, -0.1) is 0 Å². The molecule has 0 radical (unpaired) electrons. The summed E-state index contributed by atoms with van der Waals surface area (Å²) in [6, 6.07) is 5.64. The third kappa shape index (κ3) is 2.51. The number of anilines is 1. The minimum absolute atomic E-state index is 0.663. The highest BCUT2D eigenvalue weighted by Gasteiger charge is 2.21. The topological polar surface area (TPSA) is 56.3 Å². The number of benzene rings is 1. The van der Waals surface area contributed by atoms with Gasteiger partial charge in [0.05, 0.1) is 25.5 Å². The molecule has 6 heteroatoms. The lowest BCUT2D eigenvalue weighted by molar-refractivity contribution is 0.404. The van der Waals surface area contributed by atoms with Crippen molar-refractivity contribution in [3.05, 3.63) is 29.5 Å². The van der Waals surface area contributed by atoms with Gasteiger partial charge >= 0.3 is 0 Å². The van der Waals surface area contributed by atoms with E-state index in [2.05, 4.69) is 10.3 Å². The summed E-state index contributed by atoms with van der Waals surface area (Å²) < 4.78 is 10.7. The summed E-state index contributed by atoms with van der Waals surface area (Å²) >= 11 is 1.86. The average molecular weight is 303 g/mol. The molecule has 1 aliphatic rings. The van der Waals surface area contributed by atoms with Crippen LogP contribution >= 0.6 is 11.8 Å². The van der Waals surface area contributed by atoms with Crippen LogP contribution in [0.3, 0.4) is 0 Å². The van der Waals surface area contributed by atoms with Crippen molar-refractivity contribution in [1.82, 2.24) is 9.97 Å². The predicted molar refractivity (Wildman–Crippen MR) is 85.1 cm³/mol. The maximum absolute atomic E-state index is 5.43. The van der Waals surface area contributed by atoms with E-state index in [-0.39, 0.29) is 0 Å². The standard InChI is InChI=1S/C15H17N3O2S/c1-16-14-11-7-21-8-12(11)17-15(18-14)10-6-9(19-2)4-5-13(10)20-3/h4-6H,7-8H2,1-3H3,(H,16,17,18). The Bertz CT molecular complexity index is 676. The van der Waals surface area contributed by atoms with Crippen LogP contribution in [-0.2, 0) is 11.5 Å². The van der Waals surface area contributed by atoms with E-state index in [1.54, 1.807) is 14.2 Å². The summed E-state index contributed by atoms with van der Waals surface area (Å²) in [5.41, 5.74) is 3.14. The molecule has 0 unspecified atom stereocenters. The third-order valence-electron chi connectivity index (χ3n) is 3.46. The molecule has 0 aliphatic carbocycles. The van der Waals surface area contributed by atoms with Gasteiger partial charge in [-0.25, -0.2) is 9.97 Å². The van der Waals surface area contributed by atoms with Crippen molar-refractivity contribution in [2.45, 2.75) is 11.5 Å². The molecule has 1 aromatic carbocycles. The average Bonchev–Trinajstić information content (AvgIpc) is 3.01. The van der Waals surface area contributed by atoms with Crippen molar-refractivity contribution < 1.29 is 9.47 Å². The van der Waals surface area contributed by atoms with Gasteiger partial charge in [0.25, 0.3) is 0 Å². The van der Waals surface area contributed by atoms with Crippen LogP contribution in [0.15, 0.2) is 18.2 Å². The van der Waals surface area contributed by atoms with E-state index in [0.717, 1.165) is 40.1 Å². The lowest BCUT2D eigenvalue weighted by atomic mass is 10.1. The Morgan fingerprint density at radius 1 is 1.14 bits per heavy atom. The molecule has 1 aromatic heterocycles. The van der Waals surface area contributed by atoms with Crippen molar-refractivity contribution in [3.8, 4) is 22.9 Å². The van der Waals surface area contributed by atoms with Gasteiger partial charge in [-0.1, -0.05) is 0 Å². The Labute approximate surface area is 128 Å². The van der Waals surface area contributed by atoms with Gasteiger partial charge in [-0.2, -0.15) is 11.8 Å². The molecule has 0 saturated carbocycles. The number of nitrogens with zero attached hydrogens (tertiary/aromatic N) is 2. The van der Waals surface area contributed by atoms with Gasteiger partial charge in [-0.05, 0) is 18.2 Å². The largest absolute Gasteiger partial charge is 0.497 e. The fourth-order valence-electron chi connectivity index (χ4n) is 2.37. The molecular weight excluding hydrogens is 286 g/mol. The van der Waals surface area contributed by atoms with Gasteiger partial charge in [0, 0.05) is 24.1 Å². The molecule has 2 heterocycles. The summed E-state index contributed by atoms with van der Waals surface area (Å²) in [4.78, 5) is 9.35. The minimum Gasteiger partial charge on any atom is -0.497 e. The molecule has 1 N–H and O–H groups in total. The highest BCUT2D eigenvalue weighted by Crippen LogP contribution is 2.37. The molecule has 110 valence electrons. The van der Waals surface area contributed by atoms with Crippen molar-refractivity contribution in [2.24, 2.45) is 0 Å². The fraction of sp³-hybridized carbons (Fsp3) is 0.333. The maximum atomic E-state index is 5.43. The molecule has 0 atom stereocenters.